The highest BCUT2D eigenvalue weighted by Gasteiger charge is 2.12. The van der Waals surface area contributed by atoms with Gasteiger partial charge in [0, 0.05) is 23.6 Å². The normalized spacial score (nSPS) is 11.4. The van der Waals surface area contributed by atoms with Crippen LogP contribution in [0.25, 0.3) is 0 Å². The lowest BCUT2D eigenvalue weighted by Crippen LogP contribution is -2.13. The minimum atomic E-state index is -3.84. The number of hydrogen-bond acceptors (Lipinski definition) is 22. The minimum Gasteiger partial charge on any atom is -0.399 e. The molecule has 0 aliphatic heterocycles. The van der Waals surface area contributed by atoms with Crippen molar-refractivity contribution in [3.05, 3.63) is 181 Å². The van der Waals surface area contributed by atoms with Crippen molar-refractivity contribution in [2.45, 2.75) is 47.2 Å². The molecule has 0 aromatic heterocycles. The van der Waals surface area contributed by atoms with Crippen molar-refractivity contribution >= 4 is 98.6 Å². The van der Waals surface area contributed by atoms with Crippen LogP contribution in [-0.4, -0.2) is 65.5 Å². The van der Waals surface area contributed by atoms with E-state index in [-0.39, 0.29) is 45.6 Å². The summed E-state index contributed by atoms with van der Waals surface area (Å²) in [5, 5.41) is 34.0. The van der Waals surface area contributed by atoms with Crippen LogP contribution >= 0.6 is 0 Å². The first-order valence-electron chi connectivity index (χ1n) is 22.0. The number of nitrogen functional groups attached to an aromatic ring is 5. The molecular formula is C45H62FN15O14S7. The third kappa shape index (κ3) is 27.9. The molecule has 0 atom stereocenters. The number of halogens is 1. The van der Waals surface area contributed by atoms with Gasteiger partial charge < -0.3 is 39.8 Å². The summed E-state index contributed by atoms with van der Waals surface area (Å²) in [5.41, 5.74) is 37.7. The molecule has 0 aliphatic carbocycles. The summed E-state index contributed by atoms with van der Waals surface area (Å²) >= 11 is 0. The number of para-hydroxylation sites is 1. The number of hydrazine groups is 1. The van der Waals surface area contributed by atoms with Gasteiger partial charge in [0.15, 0.2) is 0 Å². The van der Waals surface area contributed by atoms with Gasteiger partial charge in [-0.3, -0.25) is 5.84 Å². The third-order valence-corrected chi connectivity index (χ3v) is 16.0. The quantitative estimate of drug-likeness (QED) is 0.0422. The van der Waals surface area contributed by atoms with Gasteiger partial charge in [0.05, 0.1) is 40.7 Å². The minimum absolute atomic E-state index is 0.0278. The van der Waals surface area contributed by atoms with E-state index in [2.05, 4.69) is 5.43 Å². The summed E-state index contributed by atoms with van der Waals surface area (Å²) in [4.78, 5) is 0.118. The molecule has 29 N–H and O–H groups in total. The lowest BCUT2D eigenvalue weighted by atomic mass is 10.2. The molecule has 0 spiro atoms. The van der Waals surface area contributed by atoms with E-state index in [0.717, 1.165) is 35.7 Å². The van der Waals surface area contributed by atoms with Gasteiger partial charge in [0.1, 0.15) is 10.7 Å². The van der Waals surface area contributed by atoms with Crippen LogP contribution < -0.4 is 81.6 Å². The zero-order valence-corrected chi connectivity index (χ0v) is 48.5. The average Bonchev–Trinajstić information content (AvgIpc) is 3.37. The summed E-state index contributed by atoms with van der Waals surface area (Å²) in [5.74, 6) is 4.29. The number of hydrogen-bond donors (Lipinski definition) is 15. The van der Waals surface area contributed by atoms with Crippen molar-refractivity contribution in [2.75, 3.05) is 34.9 Å². The van der Waals surface area contributed by atoms with Crippen LogP contribution in [0.1, 0.15) is 11.1 Å². The van der Waals surface area contributed by atoms with Crippen LogP contribution in [0.4, 0.5) is 32.8 Å². The van der Waals surface area contributed by atoms with Crippen LogP contribution in [0.15, 0.2) is 198 Å². The number of primary sulfonamides is 7. The van der Waals surface area contributed by atoms with Gasteiger partial charge in [-0.1, -0.05) is 42.5 Å². The molecule has 37 heteroatoms. The fourth-order valence-electron chi connectivity index (χ4n) is 5.34. The second-order valence-corrected chi connectivity index (χ2v) is 26.8. The largest absolute Gasteiger partial charge is 0.399 e. The maximum Gasteiger partial charge on any atom is 0.240 e. The maximum absolute atomic E-state index is 12.7. The van der Waals surface area contributed by atoms with Crippen LogP contribution in [0, 0.1) is 5.82 Å². The van der Waals surface area contributed by atoms with Crippen molar-refractivity contribution < 1.29 is 63.3 Å². The van der Waals surface area contributed by atoms with Gasteiger partial charge in [-0.25, -0.2) is 99.3 Å². The number of nitrogens with one attached hydrogen (secondary N) is 1. The third-order valence-electron chi connectivity index (χ3n) is 9.44. The molecule has 0 heterocycles. The van der Waals surface area contributed by atoms with E-state index in [0.29, 0.717) is 30.2 Å². The smallest absolute Gasteiger partial charge is 0.240 e. The Bertz CT molecular complexity index is 3950. The SMILES string of the molecule is NCCc1ccc(S(N)(=O)=O)cc1.NCc1ccc(S(N)(=O)=O)cc1.NNc1ccc(S(N)(=O)=O)cc1.Nc1ccc(S(N)(=O)=O)cc1.Nc1ccc(S(N)(=O)=O)cc1F.Nc1cccc(S(N)(=O)=O)c1.Nc1ccccc1S(N)(=O)=O. The summed E-state index contributed by atoms with van der Waals surface area (Å²) in [6, 6.07) is 39.1. The lowest BCUT2D eigenvalue weighted by molar-refractivity contribution is 0.592. The molecule has 29 nitrogen and oxygen atoms in total. The Morgan fingerprint density at radius 1 is 0.354 bits per heavy atom. The molecule has 0 fully saturated rings. The van der Waals surface area contributed by atoms with E-state index in [1.165, 1.54) is 103 Å². The van der Waals surface area contributed by atoms with Gasteiger partial charge in [0.25, 0.3) is 0 Å². The molecule has 0 saturated carbocycles. The zero-order valence-electron chi connectivity index (χ0n) is 42.7. The fourth-order valence-corrected chi connectivity index (χ4v) is 9.16. The van der Waals surface area contributed by atoms with E-state index >= 15 is 0 Å². The Labute approximate surface area is 475 Å². The highest BCUT2D eigenvalue weighted by atomic mass is 32.2. The Hall–Kier alpha value is -7.28. The van der Waals surface area contributed by atoms with E-state index in [1.807, 2.05) is 0 Å². The van der Waals surface area contributed by atoms with E-state index in [1.54, 1.807) is 42.5 Å². The molecule has 0 bridgehead atoms. The first kappa shape index (κ1) is 72.7. The molecule has 0 saturated heterocycles. The summed E-state index contributed by atoms with van der Waals surface area (Å²) in [6.07, 6.45) is 0.741. The van der Waals surface area contributed by atoms with Crippen molar-refractivity contribution in [3.8, 4) is 0 Å². The Morgan fingerprint density at radius 2 is 0.720 bits per heavy atom. The molecule has 0 unspecified atom stereocenters. The summed E-state index contributed by atoms with van der Waals surface area (Å²) in [6.45, 7) is 0.944. The Balaban J connectivity index is 0.000000479. The van der Waals surface area contributed by atoms with Gasteiger partial charge in [-0.15, -0.1) is 0 Å². The number of nitrogens with two attached hydrogens (primary N) is 14. The molecule has 7 rings (SSSR count). The molecule has 7 aromatic rings. The summed E-state index contributed by atoms with van der Waals surface area (Å²) in [7, 11) is -25.4. The lowest BCUT2D eigenvalue weighted by Gasteiger charge is -2.00. The molecular weight excluding hydrogens is 1220 g/mol. The van der Waals surface area contributed by atoms with Crippen molar-refractivity contribution in [3.63, 3.8) is 0 Å². The topological polar surface area (TPSA) is 615 Å². The van der Waals surface area contributed by atoms with Crippen LogP contribution in [0.5, 0.6) is 0 Å². The predicted molar refractivity (Wildman–Crippen MR) is 311 cm³/mol. The second kappa shape index (κ2) is 31.8. The number of sulfonamides is 7. The number of rotatable bonds is 11. The highest BCUT2D eigenvalue weighted by molar-refractivity contribution is 7.90. The highest BCUT2D eigenvalue weighted by Crippen LogP contribution is 2.17. The molecule has 0 aliphatic rings. The monoisotopic (exact) mass is 1280 g/mol. The molecule has 0 radical (unpaired) electrons. The Morgan fingerprint density at radius 3 is 1.04 bits per heavy atom. The van der Waals surface area contributed by atoms with E-state index in [4.69, 9.17) is 76.2 Å². The number of anilines is 5. The average molecular weight is 1280 g/mol. The maximum atomic E-state index is 12.7. The van der Waals surface area contributed by atoms with Crippen LogP contribution in [0.2, 0.25) is 0 Å². The molecule has 450 valence electrons. The van der Waals surface area contributed by atoms with E-state index < -0.39 is 76.0 Å². The predicted octanol–water partition coefficient (Wildman–Crippen LogP) is -0.949. The standard InChI is InChI=1S/C8H12N2O2S.C7H10N2O2S.C6H7FN2O2S.C6H9N3O2S.3C6H8N2O2S/c9-6-5-7-1-3-8(4-2-7)13(10,11)12;8-5-6-1-3-7(4-2-6)12(9,10)11;7-5-3-4(12(9,10)11)1-2-6(5)8;7-9-5-1-3-6(4-2-5)12(8,10)11;7-5-1-3-6(4-2-5)11(8,9)10;7-5-2-1-3-6(4-5)11(8,9)10;7-5-3-1-2-4-6(5)11(8,9)10/h1-4H,5-6,9H2,(H2,10,11,12);1-4H,5,8H2,(H2,9,10,11);1-3H,8H2,(H2,9,10,11);1-4,9H,7H2,(H2,8,10,11);3*1-4H,7H2,(H2,8,9,10). The van der Waals surface area contributed by atoms with Gasteiger partial charge in [0.2, 0.25) is 70.2 Å². The van der Waals surface area contributed by atoms with Crippen molar-refractivity contribution in [1.82, 2.24) is 0 Å². The van der Waals surface area contributed by atoms with Crippen LogP contribution in [-0.2, 0) is 83.1 Å². The summed E-state index contributed by atoms with van der Waals surface area (Å²) < 4.78 is 163. The zero-order chi connectivity index (χ0) is 63.1. The Kier molecular flexibility index (Phi) is 28.2. The second-order valence-electron chi connectivity index (χ2n) is 15.9. The first-order chi connectivity index (χ1) is 37.5. The first-order valence-corrected chi connectivity index (χ1v) is 32.8. The molecule has 7 aromatic carbocycles. The van der Waals surface area contributed by atoms with Gasteiger partial charge >= 0.3 is 0 Å². The fraction of sp³-hybridized carbons (Fsp3) is 0.0667. The van der Waals surface area contributed by atoms with E-state index in [9.17, 15) is 63.3 Å². The van der Waals surface area contributed by atoms with Crippen molar-refractivity contribution in [2.24, 2.45) is 53.3 Å². The van der Waals surface area contributed by atoms with Gasteiger partial charge in [-0.2, -0.15) is 0 Å². The molecule has 82 heavy (non-hydrogen) atoms. The van der Waals surface area contributed by atoms with Crippen molar-refractivity contribution in [1.29, 1.82) is 0 Å². The number of benzene rings is 7. The molecule has 0 amide bonds. The van der Waals surface area contributed by atoms with Gasteiger partial charge in [-0.05, 0) is 145 Å². The van der Waals surface area contributed by atoms with Crippen LogP contribution in [0.3, 0.4) is 0 Å².